The fourth-order valence-corrected chi connectivity index (χ4v) is 1.14. The van der Waals surface area contributed by atoms with E-state index in [0.717, 1.165) is 0 Å². The van der Waals surface area contributed by atoms with Crippen LogP contribution in [0.5, 0.6) is 0 Å². The highest BCUT2D eigenvalue weighted by Gasteiger charge is 2.23. The molecule has 0 amide bonds. The topological polar surface area (TPSA) is 76.0 Å². The number of rotatable bonds is 3. The zero-order valence-electron chi connectivity index (χ0n) is 7.64. The van der Waals surface area contributed by atoms with Crippen LogP contribution in [-0.2, 0) is 13.8 Å². The predicted molar refractivity (Wildman–Crippen MR) is 43.4 cm³/mol. The third-order valence-electron chi connectivity index (χ3n) is 0.805. The van der Waals surface area contributed by atoms with Crippen LogP contribution in [0.4, 0.5) is 0 Å². The molecule has 0 aromatic rings. The van der Waals surface area contributed by atoms with E-state index in [0.29, 0.717) is 0 Å². The molecule has 12 heavy (non-hydrogen) atoms. The first-order chi connectivity index (χ1) is 5.10. The van der Waals surface area contributed by atoms with Crippen LogP contribution in [-0.4, -0.2) is 21.7 Å². The van der Waals surface area contributed by atoms with E-state index >= 15 is 0 Å². The van der Waals surface area contributed by atoms with Crippen molar-refractivity contribution in [1.82, 2.24) is 0 Å². The normalized spacial score (nSPS) is 16.2. The molecular formula is C6H15O5P. The molecule has 2 N–H and O–H groups in total. The quantitative estimate of drug-likeness (QED) is 0.527. The molecule has 0 rings (SSSR count). The first-order valence-corrected chi connectivity index (χ1v) is 5.05. The van der Waals surface area contributed by atoms with Crippen LogP contribution in [0.25, 0.3) is 0 Å². The second-order valence-corrected chi connectivity index (χ2v) is 4.59. The Morgan fingerprint density at radius 1 is 1.33 bits per heavy atom. The number of ether oxygens (including phenoxy) is 1. The zero-order chi connectivity index (χ0) is 9.99. The van der Waals surface area contributed by atoms with E-state index in [1.807, 2.05) is 0 Å². The molecule has 0 radical (unpaired) electrons. The molecule has 0 aromatic heterocycles. The van der Waals surface area contributed by atoms with Crippen molar-refractivity contribution in [2.45, 2.75) is 39.6 Å². The molecule has 0 fully saturated rings. The summed E-state index contributed by atoms with van der Waals surface area (Å²) in [6.07, 6.45) is -0.911. The molecule has 0 bridgehead atoms. The highest BCUT2D eigenvalue weighted by molar-refractivity contribution is 7.46. The van der Waals surface area contributed by atoms with Gasteiger partial charge in [-0.05, 0) is 27.7 Å². The summed E-state index contributed by atoms with van der Waals surface area (Å²) in [5, 5.41) is 0. The lowest BCUT2D eigenvalue weighted by Crippen LogP contribution is -2.26. The van der Waals surface area contributed by atoms with Gasteiger partial charge in [-0.25, -0.2) is 4.57 Å². The predicted octanol–water partition coefficient (Wildman–Crippen LogP) is 1.26. The van der Waals surface area contributed by atoms with Gasteiger partial charge >= 0.3 is 7.82 Å². The van der Waals surface area contributed by atoms with Gasteiger partial charge in [-0.2, -0.15) is 0 Å². The number of phosphoric acid groups is 1. The average Bonchev–Trinajstić information content (AvgIpc) is 1.49. The molecule has 0 heterocycles. The Bertz CT molecular complexity index is 179. The molecule has 0 saturated carbocycles. The fraction of sp³-hybridized carbons (Fsp3) is 1.00. The van der Waals surface area contributed by atoms with Crippen LogP contribution in [0.1, 0.15) is 27.7 Å². The minimum atomic E-state index is -4.43. The van der Waals surface area contributed by atoms with Crippen molar-refractivity contribution in [2.24, 2.45) is 0 Å². The Labute approximate surface area is 71.9 Å². The number of phosphoric ester groups is 1. The fourth-order valence-electron chi connectivity index (χ4n) is 0.713. The van der Waals surface area contributed by atoms with E-state index < -0.39 is 19.7 Å². The van der Waals surface area contributed by atoms with Crippen LogP contribution in [0, 0.1) is 0 Å². The molecule has 6 heteroatoms. The summed E-state index contributed by atoms with van der Waals surface area (Å²) in [7, 11) is -4.43. The van der Waals surface area contributed by atoms with E-state index in [9.17, 15) is 4.57 Å². The Morgan fingerprint density at radius 3 is 2.00 bits per heavy atom. The number of hydrogen-bond donors (Lipinski definition) is 2. The van der Waals surface area contributed by atoms with Crippen molar-refractivity contribution >= 4 is 7.82 Å². The van der Waals surface area contributed by atoms with Crippen molar-refractivity contribution in [2.75, 3.05) is 0 Å². The lowest BCUT2D eigenvalue weighted by atomic mass is 10.2. The van der Waals surface area contributed by atoms with Gasteiger partial charge < -0.3 is 14.5 Å². The molecule has 0 saturated heterocycles. The molecule has 0 aliphatic rings. The smallest absolute Gasteiger partial charge is 0.347 e. The van der Waals surface area contributed by atoms with Gasteiger partial charge in [0.25, 0.3) is 0 Å². The van der Waals surface area contributed by atoms with Gasteiger partial charge in [-0.3, -0.25) is 4.52 Å². The summed E-state index contributed by atoms with van der Waals surface area (Å²) >= 11 is 0. The van der Waals surface area contributed by atoms with Crippen molar-refractivity contribution in [3.05, 3.63) is 0 Å². The summed E-state index contributed by atoms with van der Waals surface area (Å²) in [6, 6.07) is 0. The minimum Gasteiger partial charge on any atom is -0.347 e. The largest absolute Gasteiger partial charge is 0.471 e. The van der Waals surface area contributed by atoms with Crippen LogP contribution < -0.4 is 0 Å². The Hall–Kier alpha value is 0.0700. The monoisotopic (exact) mass is 198 g/mol. The maximum atomic E-state index is 10.3. The average molecular weight is 198 g/mol. The van der Waals surface area contributed by atoms with Crippen LogP contribution in [0.2, 0.25) is 0 Å². The van der Waals surface area contributed by atoms with Crippen molar-refractivity contribution in [3.63, 3.8) is 0 Å². The second-order valence-electron chi connectivity index (χ2n) is 3.39. The summed E-state index contributed by atoms with van der Waals surface area (Å²) < 4.78 is 19.7. The summed E-state index contributed by atoms with van der Waals surface area (Å²) in [4.78, 5) is 16.8. The van der Waals surface area contributed by atoms with Crippen molar-refractivity contribution in [1.29, 1.82) is 0 Å². The highest BCUT2D eigenvalue weighted by atomic mass is 31.2. The lowest BCUT2D eigenvalue weighted by molar-refractivity contribution is -0.147. The second kappa shape index (κ2) is 3.85. The third-order valence-corrected chi connectivity index (χ3v) is 1.38. The first kappa shape index (κ1) is 12.1. The summed E-state index contributed by atoms with van der Waals surface area (Å²) in [5.74, 6) is 0. The van der Waals surface area contributed by atoms with E-state index in [-0.39, 0.29) is 0 Å². The van der Waals surface area contributed by atoms with Crippen LogP contribution in [0.3, 0.4) is 0 Å². The Balaban J connectivity index is 3.91. The zero-order valence-corrected chi connectivity index (χ0v) is 8.54. The number of hydrogen-bond acceptors (Lipinski definition) is 3. The van der Waals surface area contributed by atoms with E-state index in [1.165, 1.54) is 6.92 Å². The Kier molecular flexibility index (Phi) is 3.87. The van der Waals surface area contributed by atoms with Gasteiger partial charge in [0, 0.05) is 0 Å². The maximum Gasteiger partial charge on any atom is 0.471 e. The van der Waals surface area contributed by atoms with E-state index in [4.69, 9.17) is 14.5 Å². The first-order valence-electron chi connectivity index (χ1n) is 3.52. The third kappa shape index (κ3) is 8.17. The molecular weight excluding hydrogens is 183 g/mol. The van der Waals surface area contributed by atoms with Crippen molar-refractivity contribution in [3.8, 4) is 0 Å². The van der Waals surface area contributed by atoms with Crippen molar-refractivity contribution < 1.29 is 23.6 Å². The SMILES string of the molecule is CC(OC(C)(C)C)OP(=O)(O)O. The van der Waals surface area contributed by atoms with Crippen LogP contribution >= 0.6 is 7.82 Å². The highest BCUT2D eigenvalue weighted by Crippen LogP contribution is 2.38. The molecule has 0 aliphatic heterocycles. The maximum absolute atomic E-state index is 10.3. The van der Waals surface area contributed by atoms with Gasteiger partial charge in [-0.15, -0.1) is 0 Å². The Morgan fingerprint density at radius 2 is 1.75 bits per heavy atom. The summed E-state index contributed by atoms with van der Waals surface area (Å²) in [5.41, 5.74) is -0.478. The van der Waals surface area contributed by atoms with Gasteiger partial charge in [-0.1, -0.05) is 0 Å². The van der Waals surface area contributed by atoms with Gasteiger partial charge in [0.2, 0.25) is 0 Å². The molecule has 74 valence electrons. The molecule has 0 spiro atoms. The molecule has 0 aromatic carbocycles. The van der Waals surface area contributed by atoms with Gasteiger partial charge in [0.1, 0.15) is 0 Å². The minimum absolute atomic E-state index is 0.478. The van der Waals surface area contributed by atoms with Gasteiger partial charge in [0.15, 0.2) is 6.29 Å². The standard InChI is InChI=1S/C6H15O5P/c1-5(10-6(2,3)4)11-12(7,8)9/h5H,1-4H3,(H2,7,8,9). The molecule has 1 atom stereocenters. The van der Waals surface area contributed by atoms with E-state index in [2.05, 4.69) is 4.52 Å². The van der Waals surface area contributed by atoms with E-state index in [1.54, 1.807) is 20.8 Å². The lowest BCUT2D eigenvalue weighted by Gasteiger charge is -2.24. The molecule has 5 nitrogen and oxygen atoms in total. The van der Waals surface area contributed by atoms with Gasteiger partial charge in [0.05, 0.1) is 5.60 Å². The van der Waals surface area contributed by atoms with Crippen LogP contribution in [0.15, 0.2) is 0 Å². The molecule has 0 aliphatic carbocycles. The molecule has 1 unspecified atom stereocenters. The summed E-state index contributed by atoms with van der Waals surface area (Å²) in [6.45, 7) is 6.75.